The van der Waals surface area contributed by atoms with Crippen molar-refractivity contribution in [1.29, 1.82) is 0 Å². The zero-order valence-corrected chi connectivity index (χ0v) is 18.3. The third kappa shape index (κ3) is 6.83. The summed E-state index contributed by atoms with van der Waals surface area (Å²) in [6.07, 6.45) is 2.83. The smallest absolute Gasteiger partial charge is 0.240 e. The van der Waals surface area contributed by atoms with Gasteiger partial charge >= 0.3 is 0 Å². The van der Waals surface area contributed by atoms with Crippen LogP contribution in [0.25, 0.3) is 0 Å². The summed E-state index contributed by atoms with van der Waals surface area (Å²) < 4.78 is 33.9. The van der Waals surface area contributed by atoms with Crippen LogP contribution in [0.4, 0.5) is 0 Å². The van der Waals surface area contributed by atoms with Crippen LogP contribution < -0.4 is 10.0 Å². The number of amides is 1. The van der Waals surface area contributed by atoms with E-state index in [1.165, 1.54) is 0 Å². The number of benzene rings is 1. The van der Waals surface area contributed by atoms with Gasteiger partial charge in [0.15, 0.2) is 0 Å². The van der Waals surface area contributed by atoms with Gasteiger partial charge in [-0.1, -0.05) is 23.8 Å². The van der Waals surface area contributed by atoms with E-state index in [1.807, 2.05) is 13.0 Å². The molecule has 1 aliphatic rings. The van der Waals surface area contributed by atoms with Crippen LogP contribution >= 0.6 is 0 Å². The molecular formula is C22H29N3O5S. The molecule has 0 radical (unpaired) electrons. The van der Waals surface area contributed by atoms with E-state index in [1.54, 1.807) is 42.6 Å². The number of hydrogen-bond acceptors (Lipinski definition) is 6. The van der Waals surface area contributed by atoms with Crippen LogP contribution in [-0.4, -0.2) is 55.8 Å². The van der Waals surface area contributed by atoms with Gasteiger partial charge in [0.25, 0.3) is 0 Å². The Kier molecular flexibility index (Phi) is 8.14. The topological polar surface area (TPSA) is 118 Å². The van der Waals surface area contributed by atoms with Gasteiger partial charge in [-0.3, -0.25) is 9.78 Å². The highest BCUT2D eigenvalue weighted by atomic mass is 32.2. The first kappa shape index (κ1) is 23.3. The number of aliphatic hydroxyl groups excluding tert-OH is 1. The molecule has 3 N–H and O–H groups in total. The third-order valence-electron chi connectivity index (χ3n) is 5.29. The number of pyridine rings is 1. The van der Waals surface area contributed by atoms with Gasteiger partial charge < -0.3 is 15.2 Å². The normalized spacial score (nSPS) is 21.5. The number of aromatic nitrogens is 1. The molecule has 168 valence electrons. The fourth-order valence-corrected chi connectivity index (χ4v) is 4.86. The van der Waals surface area contributed by atoms with E-state index in [-0.39, 0.29) is 29.9 Å². The van der Waals surface area contributed by atoms with Crippen molar-refractivity contribution >= 4 is 15.9 Å². The second-order valence-electron chi connectivity index (χ2n) is 7.73. The Morgan fingerprint density at radius 2 is 1.97 bits per heavy atom. The maximum absolute atomic E-state index is 12.7. The Morgan fingerprint density at radius 3 is 2.65 bits per heavy atom. The molecule has 1 amide bonds. The molecule has 1 aromatic carbocycles. The van der Waals surface area contributed by atoms with Crippen LogP contribution in [0.3, 0.4) is 0 Å². The van der Waals surface area contributed by atoms with Gasteiger partial charge in [0.05, 0.1) is 36.2 Å². The molecular weight excluding hydrogens is 418 g/mol. The lowest BCUT2D eigenvalue weighted by Gasteiger charge is -2.36. The second-order valence-corrected chi connectivity index (χ2v) is 9.45. The minimum absolute atomic E-state index is 0.114. The van der Waals surface area contributed by atoms with E-state index in [4.69, 9.17) is 4.74 Å². The van der Waals surface area contributed by atoms with Crippen molar-refractivity contribution in [2.45, 2.75) is 55.8 Å². The highest BCUT2D eigenvalue weighted by molar-refractivity contribution is 7.89. The minimum Gasteiger partial charge on any atom is -0.394 e. The fourth-order valence-electron chi connectivity index (χ4n) is 3.57. The summed E-state index contributed by atoms with van der Waals surface area (Å²) in [6, 6.07) is 11.5. The molecule has 3 atom stereocenters. The third-order valence-corrected chi connectivity index (χ3v) is 6.80. The molecule has 31 heavy (non-hydrogen) atoms. The lowest BCUT2D eigenvalue weighted by atomic mass is 9.98. The van der Waals surface area contributed by atoms with Crippen molar-refractivity contribution < 1.29 is 23.1 Å². The average molecular weight is 448 g/mol. The highest BCUT2D eigenvalue weighted by Gasteiger charge is 2.33. The first-order chi connectivity index (χ1) is 14.9. The van der Waals surface area contributed by atoms with E-state index in [2.05, 4.69) is 15.0 Å². The summed E-state index contributed by atoms with van der Waals surface area (Å²) >= 11 is 0. The van der Waals surface area contributed by atoms with Crippen molar-refractivity contribution in [1.82, 2.24) is 15.0 Å². The van der Waals surface area contributed by atoms with Crippen LogP contribution in [0.15, 0.2) is 53.6 Å². The maximum Gasteiger partial charge on any atom is 0.240 e. The summed E-state index contributed by atoms with van der Waals surface area (Å²) in [5, 5.41) is 12.6. The summed E-state index contributed by atoms with van der Waals surface area (Å²) in [7, 11) is -3.70. The van der Waals surface area contributed by atoms with E-state index < -0.39 is 22.2 Å². The lowest BCUT2D eigenvalue weighted by molar-refractivity contribution is -0.121. The molecule has 1 aliphatic heterocycles. The van der Waals surface area contributed by atoms with Crippen molar-refractivity contribution in [3.8, 4) is 0 Å². The standard InChI is InChI=1S/C22H29N3O5S/c1-16-5-8-19(9-6-16)31(28,29)25-20-10-7-18(30-21(20)15-26)11-13-24-22(27)14-17-4-2-3-12-23-17/h2-6,8-9,12,18,20-21,25-26H,7,10-11,13-15H2,1H3,(H,24,27)/t18-,20-,21+/m1/s1. The van der Waals surface area contributed by atoms with Crippen LogP contribution in [0.1, 0.15) is 30.5 Å². The Hall–Kier alpha value is -2.33. The van der Waals surface area contributed by atoms with Gasteiger partial charge in [-0.2, -0.15) is 0 Å². The van der Waals surface area contributed by atoms with Gasteiger partial charge in [0, 0.05) is 18.4 Å². The molecule has 1 aromatic heterocycles. The molecule has 0 saturated carbocycles. The number of ether oxygens (including phenoxy) is 1. The lowest BCUT2D eigenvalue weighted by Crippen LogP contribution is -2.51. The highest BCUT2D eigenvalue weighted by Crippen LogP contribution is 2.23. The predicted octanol–water partition coefficient (Wildman–Crippen LogP) is 1.33. The Morgan fingerprint density at radius 1 is 1.19 bits per heavy atom. The molecule has 2 aromatic rings. The molecule has 1 saturated heterocycles. The second kappa shape index (κ2) is 10.8. The minimum atomic E-state index is -3.70. The van der Waals surface area contributed by atoms with E-state index >= 15 is 0 Å². The number of rotatable bonds is 9. The molecule has 2 heterocycles. The van der Waals surface area contributed by atoms with E-state index in [0.29, 0.717) is 31.5 Å². The average Bonchev–Trinajstić information content (AvgIpc) is 2.75. The van der Waals surface area contributed by atoms with Crippen LogP contribution in [0, 0.1) is 6.92 Å². The van der Waals surface area contributed by atoms with Crippen LogP contribution in [0.2, 0.25) is 0 Å². The quantitative estimate of drug-likeness (QED) is 0.534. The molecule has 9 heteroatoms. The van der Waals surface area contributed by atoms with Gasteiger partial charge in [-0.15, -0.1) is 0 Å². The molecule has 0 bridgehead atoms. The first-order valence-corrected chi connectivity index (χ1v) is 11.9. The first-order valence-electron chi connectivity index (χ1n) is 10.4. The molecule has 1 fully saturated rings. The van der Waals surface area contributed by atoms with E-state index in [0.717, 1.165) is 5.56 Å². The number of hydrogen-bond donors (Lipinski definition) is 3. The molecule has 0 spiro atoms. The number of carbonyl (C=O) groups is 1. The van der Waals surface area contributed by atoms with Gasteiger partial charge in [-0.05, 0) is 50.5 Å². The van der Waals surface area contributed by atoms with Gasteiger partial charge in [-0.25, -0.2) is 13.1 Å². The summed E-state index contributed by atoms with van der Waals surface area (Å²) in [5.41, 5.74) is 1.68. The van der Waals surface area contributed by atoms with Crippen molar-refractivity contribution in [2.24, 2.45) is 0 Å². The molecule has 8 nitrogen and oxygen atoms in total. The monoisotopic (exact) mass is 447 g/mol. The summed E-state index contributed by atoms with van der Waals surface area (Å²) in [6.45, 7) is 2.04. The SMILES string of the molecule is Cc1ccc(S(=O)(=O)N[C@@H]2CC[C@H](CCNC(=O)Cc3ccccn3)O[C@H]2CO)cc1. The molecule has 3 rings (SSSR count). The van der Waals surface area contributed by atoms with Crippen molar-refractivity contribution in [2.75, 3.05) is 13.2 Å². The Labute approximate surface area is 183 Å². The molecule has 0 unspecified atom stereocenters. The number of nitrogens with one attached hydrogen (secondary N) is 2. The van der Waals surface area contributed by atoms with Gasteiger partial charge in [0.1, 0.15) is 0 Å². The summed E-state index contributed by atoms with van der Waals surface area (Å²) in [5.74, 6) is -0.114. The summed E-state index contributed by atoms with van der Waals surface area (Å²) in [4.78, 5) is 16.3. The number of nitrogens with zero attached hydrogens (tertiary/aromatic N) is 1. The number of carbonyl (C=O) groups excluding carboxylic acids is 1. The Bertz CT molecular complexity index is 951. The zero-order chi connectivity index (χ0) is 22.3. The van der Waals surface area contributed by atoms with Crippen molar-refractivity contribution in [3.63, 3.8) is 0 Å². The zero-order valence-electron chi connectivity index (χ0n) is 17.5. The van der Waals surface area contributed by atoms with E-state index in [9.17, 15) is 18.3 Å². The predicted molar refractivity (Wildman–Crippen MR) is 116 cm³/mol. The maximum atomic E-state index is 12.7. The van der Waals surface area contributed by atoms with Gasteiger partial charge in [0.2, 0.25) is 15.9 Å². The largest absolute Gasteiger partial charge is 0.394 e. The molecule has 0 aliphatic carbocycles. The van der Waals surface area contributed by atoms with Crippen LogP contribution in [-0.2, 0) is 26.0 Å². The number of sulfonamides is 1. The number of aryl methyl sites for hydroxylation is 1. The fraction of sp³-hybridized carbons (Fsp3) is 0.455. The Balaban J connectivity index is 1.46. The van der Waals surface area contributed by atoms with Crippen molar-refractivity contribution in [3.05, 3.63) is 59.9 Å². The number of aliphatic hydroxyl groups is 1. The van der Waals surface area contributed by atoms with Crippen LogP contribution in [0.5, 0.6) is 0 Å².